The Kier molecular flexibility index (Phi) is 3.97. The lowest BCUT2D eigenvalue weighted by Crippen LogP contribution is -2.34. The third kappa shape index (κ3) is 3.46. The van der Waals surface area contributed by atoms with Crippen molar-refractivity contribution in [3.63, 3.8) is 0 Å². The lowest BCUT2D eigenvalue weighted by atomic mass is 9.71. The Morgan fingerprint density at radius 2 is 2.15 bits per heavy atom. The molecule has 1 aliphatic rings. The molecule has 1 heterocycles. The fourth-order valence-electron chi connectivity index (χ4n) is 3.21. The lowest BCUT2D eigenvalue weighted by Gasteiger charge is -2.38. The summed E-state index contributed by atoms with van der Waals surface area (Å²) >= 11 is 0. The zero-order valence-electron chi connectivity index (χ0n) is 12.5. The van der Waals surface area contributed by atoms with Crippen molar-refractivity contribution in [2.45, 2.75) is 53.1 Å². The molecule has 5 heteroatoms. The van der Waals surface area contributed by atoms with E-state index >= 15 is 0 Å². The van der Waals surface area contributed by atoms with Crippen LogP contribution in [0.4, 0.5) is 0 Å². The molecule has 1 N–H and O–H groups in total. The van der Waals surface area contributed by atoms with Gasteiger partial charge in [-0.25, -0.2) is 9.78 Å². The summed E-state index contributed by atoms with van der Waals surface area (Å²) in [4.78, 5) is 19.1. The van der Waals surface area contributed by atoms with Gasteiger partial charge in [0, 0.05) is 6.20 Å². The second-order valence-corrected chi connectivity index (χ2v) is 6.61. The summed E-state index contributed by atoms with van der Waals surface area (Å²) in [5.41, 5.74) is 0.818. The summed E-state index contributed by atoms with van der Waals surface area (Å²) in [7, 11) is 0. The molecule has 5 nitrogen and oxygen atoms in total. The first kappa shape index (κ1) is 14.8. The van der Waals surface area contributed by atoms with E-state index in [1.807, 2.05) is 0 Å². The molecule has 0 bridgehead atoms. The van der Waals surface area contributed by atoms with Gasteiger partial charge in [-0.05, 0) is 37.5 Å². The number of ether oxygens (including phenoxy) is 1. The summed E-state index contributed by atoms with van der Waals surface area (Å²) in [5.74, 6) is -0.399. The van der Waals surface area contributed by atoms with Gasteiger partial charge in [0.1, 0.15) is 6.10 Å². The summed E-state index contributed by atoms with van der Waals surface area (Å²) in [6.07, 6.45) is 4.58. The Morgan fingerprint density at radius 1 is 1.45 bits per heavy atom. The highest BCUT2D eigenvalue weighted by Crippen LogP contribution is 2.39. The van der Waals surface area contributed by atoms with E-state index in [1.54, 1.807) is 6.92 Å². The van der Waals surface area contributed by atoms with Gasteiger partial charge in [-0.3, -0.25) is 0 Å². The van der Waals surface area contributed by atoms with Crippen LogP contribution < -0.4 is 4.74 Å². The quantitative estimate of drug-likeness (QED) is 0.919. The fourth-order valence-corrected chi connectivity index (χ4v) is 3.21. The van der Waals surface area contributed by atoms with Crippen LogP contribution in [0, 0.1) is 18.3 Å². The molecule has 0 aromatic carbocycles. The predicted molar refractivity (Wildman–Crippen MR) is 74.9 cm³/mol. The minimum atomic E-state index is -1.01. The topological polar surface area (TPSA) is 72.3 Å². The summed E-state index contributed by atoms with van der Waals surface area (Å²) in [6, 6.07) is 0.280. The zero-order chi connectivity index (χ0) is 14.9. The molecular weight excluding hydrogens is 256 g/mol. The third-order valence-electron chi connectivity index (χ3n) is 3.81. The largest absolute Gasteiger partial charge is 0.478 e. The van der Waals surface area contributed by atoms with Crippen molar-refractivity contribution < 1.29 is 14.6 Å². The molecule has 1 aromatic rings. The molecule has 110 valence electrons. The second kappa shape index (κ2) is 5.38. The minimum Gasteiger partial charge on any atom is -0.478 e. The van der Waals surface area contributed by atoms with Crippen LogP contribution in [0.1, 0.15) is 56.1 Å². The van der Waals surface area contributed by atoms with Crippen LogP contribution in [0.5, 0.6) is 6.01 Å². The molecule has 0 amide bonds. The number of aromatic carboxylic acids is 1. The Hall–Kier alpha value is -1.65. The van der Waals surface area contributed by atoms with Crippen LogP contribution in [0.15, 0.2) is 6.20 Å². The molecule has 1 saturated carbocycles. The normalized spacial score (nSPS) is 25.2. The van der Waals surface area contributed by atoms with Crippen LogP contribution in [-0.4, -0.2) is 27.1 Å². The molecule has 2 rings (SSSR count). The number of aromatic nitrogens is 2. The maximum absolute atomic E-state index is 10.9. The van der Waals surface area contributed by atoms with Gasteiger partial charge in [0.05, 0.1) is 11.3 Å². The summed E-state index contributed by atoms with van der Waals surface area (Å²) in [5, 5.41) is 8.96. The first-order valence-corrected chi connectivity index (χ1v) is 7.00. The van der Waals surface area contributed by atoms with Crippen molar-refractivity contribution in [2.24, 2.45) is 11.3 Å². The molecule has 0 radical (unpaired) electrons. The maximum Gasteiger partial charge on any atom is 0.339 e. The molecule has 1 fully saturated rings. The van der Waals surface area contributed by atoms with E-state index in [9.17, 15) is 4.79 Å². The van der Waals surface area contributed by atoms with E-state index in [1.165, 1.54) is 12.6 Å². The number of nitrogens with zero attached hydrogens (tertiary/aromatic N) is 2. The third-order valence-corrected chi connectivity index (χ3v) is 3.81. The standard InChI is InChI=1S/C15H22N2O3/c1-9-5-11(7-15(3,4)6-9)20-14-16-8-12(13(18)19)10(2)17-14/h8-9,11H,5-7H2,1-4H3,(H,18,19). The van der Waals surface area contributed by atoms with Crippen LogP contribution >= 0.6 is 0 Å². The first-order valence-electron chi connectivity index (χ1n) is 7.00. The van der Waals surface area contributed by atoms with Gasteiger partial charge >= 0.3 is 12.0 Å². The SMILES string of the molecule is Cc1nc(OC2CC(C)CC(C)(C)C2)ncc1C(=O)O. The summed E-state index contributed by atoms with van der Waals surface area (Å²) < 4.78 is 5.86. The van der Waals surface area contributed by atoms with E-state index in [4.69, 9.17) is 9.84 Å². The van der Waals surface area contributed by atoms with E-state index in [0.29, 0.717) is 11.6 Å². The van der Waals surface area contributed by atoms with E-state index in [2.05, 4.69) is 30.7 Å². The van der Waals surface area contributed by atoms with Gasteiger partial charge < -0.3 is 9.84 Å². The number of rotatable bonds is 3. The van der Waals surface area contributed by atoms with Crippen molar-refractivity contribution in [3.05, 3.63) is 17.5 Å². The van der Waals surface area contributed by atoms with Gasteiger partial charge in [0.2, 0.25) is 0 Å². The smallest absolute Gasteiger partial charge is 0.339 e. The Morgan fingerprint density at radius 3 is 2.70 bits per heavy atom. The van der Waals surface area contributed by atoms with Gasteiger partial charge in [-0.1, -0.05) is 20.8 Å². The Balaban J connectivity index is 2.10. The molecule has 0 spiro atoms. The monoisotopic (exact) mass is 278 g/mol. The van der Waals surface area contributed by atoms with Crippen molar-refractivity contribution in [1.29, 1.82) is 0 Å². The number of carboxylic acids is 1. The lowest BCUT2D eigenvalue weighted by molar-refractivity contribution is 0.0497. The highest BCUT2D eigenvalue weighted by atomic mass is 16.5. The van der Waals surface area contributed by atoms with Crippen molar-refractivity contribution in [2.75, 3.05) is 0 Å². The number of hydrogen-bond donors (Lipinski definition) is 1. The van der Waals surface area contributed by atoms with Crippen LogP contribution in [0.2, 0.25) is 0 Å². The van der Waals surface area contributed by atoms with E-state index in [0.717, 1.165) is 12.8 Å². The molecule has 1 aromatic heterocycles. The van der Waals surface area contributed by atoms with Crippen molar-refractivity contribution >= 4 is 5.97 Å². The predicted octanol–water partition coefficient (Wildman–Crippen LogP) is 3.08. The molecular formula is C15H22N2O3. The van der Waals surface area contributed by atoms with Crippen LogP contribution in [0.3, 0.4) is 0 Å². The number of aryl methyl sites for hydroxylation is 1. The molecule has 1 aliphatic carbocycles. The zero-order valence-corrected chi connectivity index (χ0v) is 12.5. The van der Waals surface area contributed by atoms with Crippen LogP contribution in [-0.2, 0) is 0 Å². The Bertz CT molecular complexity index is 514. The van der Waals surface area contributed by atoms with Crippen molar-refractivity contribution in [1.82, 2.24) is 9.97 Å². The van der Waals surface area contributed by atoms with Crippen LogP contribution in [0.25, 0.3) is 0 Å². The molecule has 2 unspecified atom stereocenters. The number of carboxylic acid groups (broad SMARTS) is 1. The minimum absolute atomic E-state index is 0.101. The highest BCUT2D eigenvalue weighted by Gasteiger charge is 2.33. The van der Waals surface area contributed by atoms with Gasteiger partial charge in [0.15, 0.2) is 0 Å². The molecule has 0 saturated heterocycles. The molecule has 2 atom stereocenters. The summed E-state index contributed by atoms with van der Waals surface area (Å²) in [6.45, 7) is 8.39. The average Bonchev–Trinajstić information content (AvgIpc) is 2.25. The Labute approximate surface area is 119 Å². The average molecular weight is 278 g/mol. The van der Waals surface area contributed by atoms with E-state index in [-0.39, 0.29) is 23.1 Å². The van der Waals surface area contributed by atoms with Gasteiger partial charge in [0.25, 0.3) is 0 Å². The van der Waals surface area contributed by atoms with E-state index < -0.39 is 5.97 Å². The highest BCUT2D eigenvalue weighted by molar-refractivity contribution is 5.88. The molecule has 0 aliphatic heterocycles. The molecule has 20 heavy (non-hydrogen) atoms. The second-order valence-electron chi connectivity index (χ2n) is 6.61. The van der Waals surface area contributed by atoms with Gasteiger partial charge in [-0.15, -0.1) is 0 Å². The fraction of sp³-hybridized carbons (Fsp3) is 0.667. The first-order chi connectivity index (χ1) is 9.27. The van der Waals surface area contributed by atoms with Gasteiger partial charge in [-0.2, -0.15) is 4.98 Å². The number of carbonyl (C=O) groups is 1. The van der Waals surface area contributed by atoms with Crippen molar-refractivity contribution in [3.8, 4) is 6.01 Å². The number of hydrogen-bond acceptors (Lipinski definition) is 4. The maximum atomic E-state index is 10.9.